The second-order valence-corrected chi connectivity index (χ2v) is 12.9. The van der Waals surface area contributed by atoms with E-state index in [1.54, 1.807) is 0 Å². The monoisotopic (exact) mass is 345 g/mol. The van der Waals surface area contributed by atoms with Crippen molar-refractivity contribution in [3.05, 3.63) is 59.8 Å². The maximum absolute atomic E-state index is 5.95. The molecule has 25 heavy (non-hydrogen) atoms. The van der Waals surface area contributed by atoms with E-state index in [9.17, 15) is 0 Å². The van der Waals surface area contributed by atoms with Gasteiger partial charge in [0, 0.05) is 22.5 Å². The fourth-order valence-electron chi connectivity index (χ4n) is 3.62. The Bertz CT molecular complexity index is 1100. The second kappa shape index (κ2) is 5.56. The Morgan fingerprint density at radius 2 is 1.56 bits per heavy atom. The first-order valence-corrected chi connectivity index (χ1v) is 12.2. The molecule has 0 unspecified atom stereocenters. The summed E-state index contributed by atoms with van der Waals surface area (Å²) in [5, 5.41) is 3.76. The third kappa shape index (κ3) is 2.59. The lowest BCUT2D eigenvalue weighted by Gasteiger charge is -2.21. The van der Waals surface area contributed by atoms with Gasteiger partial charge in [0.15, 0.2) is 0 Å². The molecule has 0 aliphatic carbocycles. The Kier molecular flexibility index (Phi) is 3.58. The Hall–Kier alpha value is -2.39. The molecule has 0 spiro atoms. The van der Waals surface area contributed by atoms with Crippen molar-refractivity contribution >= 4 is 35.2 Å². The standard InChI is InChI=1S/C22H23NOSi/c1-14-15(2)22(23-13-21(14)25(3,4)5)16-10-11-20-18(12-16)17-8-6-7-9-19(17)24-20/h6-13H,1-5H3. The van der Waals surface area contributed by atoms with Crippen LogP contribution >= 0.6 is 0 Å². The van der Waals surface area contributed by atoms with Crippen molar-refractivity contribution in [2.45, 2.75) is 33.5 Å². The van der Waals surface area contributed by atoms with Crippen LogP contribution in [0.25, 0.3) is 33.2 Å². The van der Waals surface area contributed by atoms with E-state index < -0.39 is 8.07 Å². The molecule has 0 saturated carbocycles. The van der Waals surface area contributed by atoms with E-state index in [1.807, 2.05) is 12.1 Å². The molecule has 0 fully saturated rings. The molecule has 0 amide bonds. The van der Waals surface area contributed by atoms with Crippen LogP contribution in [0.15, 0.2) is 53.1 Å². The van der Waals surface area contributed by atoms with Gasteiger partial charge >= 0.3 is 0 Å². The van der Waals surface area contributed by atoms with Crippen molar-refractivity contribution in [2.75, 3.05) is 0 Å². The van der Waals surface area contributed by atoms with E-state index in [0.717, 1.165) is 33.2 Å². The van der Waals surface area contributed by atoms with Gasteiger partial charge in [0.05, 0.1) is 13.8 Å². The number of rotatable bonds is 2. The lowest BCUT2D eigenvalue weighted by Crippen LogP contribution is -2.40. The number of hydrogen-bond donors (Lipinski definition) is 0. The molecule has 0 aliphatic rings. The Labute approximate surface area is 149 Å². The molecule has 2 heterocycles. The fourth-order valence-corrected chi connectivity index (χ4v) is 5.39. The summed E-state index contributed by atoms with van der Waals surface area (Å²) in [6.45, 7) is 11.6. The molecule has 0 atom stereocenters. The summed E-state index contributed by atoms with van der Waals surface area (Å²) in [4.78, 5) is 4.85. The van der Waals surface area contributed by atoms with Crippen molar-refractivity contribution in [1.29, 1.82) is 0 Å². The van der Waals surface area contributed by atoms with Gasteiger partial charge in [-0.3, -0.25) is 4.98 Å². The number of aromatic nitrogens is 1. The van der Waals surface area contributed by atoms with Crippen molar-refractivity contribution < 1.29 is 4.42 Å². The fraction of sp³-hybridized carbons (Fsp3) is 0.227. The molecule has 0 bridgehead atoms. The second-order valence-electron chi connectivity index (χ2n) is 7.83. The lowest BCUT2D eigenvalue weighted by atomic mass is 10.0. The molecule has 0 aliphatic heterocycles. The van der Waals surface area contributed by atoms with Crippen molar-refractivity contribution in [3.63, 3.8) is 0 Å². The summed E-state index contributed by atoms with van der Waals surface area (Å²) in [5.41, 5.74) is 6.77. The predicted octanol–water partition coefficient (Wildman–Crippen LogP) is 5.81. The maximum atomic E-state index is 5.95. The molecule has 3 heteroatoms. The van der Waals surface area contributed by atoms with Gasteiger partial charge in [0.25, 0.3) is 0 Å². The summed E-state index contributed by atoms with van der Waals surface area (Å²) >= 11 is 0. The van der Waals surface area contributed by atoms with Gasteiger partial charge in [0.2, 0.25) is 0 Å². The summed E-state index contributed by atoms with van der Waals surface area (Å²) < 4.78 is 5.95. The number of benzene rings is 2. The van der Waals surface area contributed by atoms with E-state index in [2.05, 4.69) is 70.0 Å². The Morgan fingerprint density at radius 1 is 0.840 bits per heavy atom. The highest BCUT2D eigenvalue weighted by molar-refractivity contribution is 6.89. The zero-order valence-corrected chi connectivity index (χ0v) is 16.5. The van der Waals surface area contributed by atoms with E-state index in [-0.39, 0.29) is 0 Å². The van der Waals surface area contributed by atoms with Gasteiger partial charge in [-0.25, -0.2) is 0 Å². The number of nitrogens with zero attached hydrogens (tertiary/aromatic N) is 1. The number of fused-ring (bicyclic) bond motifs is 3. The highest BCUT2D eigenvalue weighted by atomic mass is 28.3. The normalized spacial score (nSPS) is 12.2. The molecular weight excluding hydrogens is 322 g/mol. The first-order chi connectivity index (χ1) is 11.9. The largest absolute Gasteiger partial charge is 0.456 e. The number of para-hydroxylation sites is 1. The van der Waals surface area contributed by atoms with E-state index in [0.29, 0.717) is 0 Å². The molecule has 0 radical (unpaired) electrons. The SMILES string of the molecule is Cc1c([Si](C)(C)C)cnc(-c2ccc3oc4ccccc4c3c2)c1C. The zero-order chi connectivity index (χ0) is 17.8. The first-order valence-electron chi connectivity index (χ1n) is 8.74. The van der Waals surface area contributed by atoms with Gasteiger partial charge < -0.3 is 4.42 Å². The quantitative estimate of drug-likeness (QED) is 0.428. The van der Waals surface area contributed by atoms with Crippen LogP contribution in [-0.4, -0.2) is 13.1 Å². The van der Waals surface area contributed by atoms with E-state index in [4.69, 9.17) is 9.40 Å². The third-order valence-electron chi connectivity index (χ3n) is 5.10. The Balaban J connectivity index is 1.93. The average molecular weight is 346 g/mol. The molecule has 2 aromatic heterocycles. The summed E-state index contributed by atoms with van der Waals surface area (Å²) in [5.74, 6) is 0. The number of furan rings is 1. The highest BCUT2D eigenvalue weighted by Crippen LogP contribution is 2.33. The van der Waals surface area contributed by atoms with Gasteiger partial charge in [-0.05, 0) is 54.4 Å². The van der Waals surface area contributed by atoms with Crippen molar-refractivity contribution in [3.8, 4) is 11.3 Å². The van der Waals surface area contributed by atoms with E-state index >= 15 is 0 Å². The lowest BCUT2D eigenvalue weighted by molar-refractivity contribution is 0.669. The minimum atomic E-state index is -1.38. The maximum Gasteiger partial charge on any atom is 0.135 e. The van der Waals surface area contributed by atoms with Gasteiger partial charge in [-0.1, -0.05) is 37.8 Å². The molecular formula is C22H23NOSi. The van der Waals surface area contributed by atoms with Crippen LogP contribution in [-0.2, 0) is 0 Å². The predicted molar refractivity (Wildman–Crippen MR) is 109 cm³/mol. The van der Waals surface area contributed by atoms with Crippen molar-refractivity contribution in [1.82, 2.24) is 4.98 Å². The molecule has 0 saturated heterocycles. The highest BCUT2D eigenvalue weighted by Gasteiger charge is 2.21. The van der Waals surface area contributed by atoms with Crippen LogP contribution in [0, 0.1) is 13.8 Å². The Morgan fingerprint density at radius 3 is 2.32 bits per heavy atom. The van der Waals surface area contributed by atoms with Crippen LogP contribution in [0.3, 0.4) is 0 Å². The number of hydrogen-bond acceptors (Lipinski definition) is 2. The van der Waals surface area contributed by atoms with E-state index in [1.165, 1.54) is 16.3 Å². The van der Waals surface area contributed by atoms with Crippen LogP contribution in [0.4, 0.5) is 0 Å². The molecule has 2 aromatic carbocycles. The molecule has 4 rings (SSSR count). The zero-order valence-electron chi connectivity index (χ0n) is 15.5. The summed E-state index contributed by atoms with van der Waals surface area (Å²) in [6.07, 6.45) is 2.10. The molecule has 4 aromatic rings. The first kappa shape index (κ1) is 16.1. The van der Waals surface area contributed by atoms with Crippen LogP contribution < -0.4 is 5.19 Å². The smallest absolute Gasteiger partial charge is 0.135 e. The number of pyridine rings is 1. The molecule has 126 valence electrons. The molecule has 0 N–H and O–H groups in total. The van der Waals surface area contributed by atoms with Gasteiger partial charge in [-0.2, -0.15) is 0 Å². The average Bonchev–Trinajstić information content (AvgIpc) is 2.94. The van der Waals surface area contributed by atoms with Crippen LogP contribution in [0.5, 0.6) is 0 Å². The van der Waals surface area contributed by atoms with Gasteiger partial charge in [-0.15, -0.1) is 0 Å². The third-order valence-corrected chi connectivity index (χ3v) is 7.22. The summed E-state index contributed by atoms with van der Waals surface area (Å²) in [6, 6.07) is 14.6. The summed E-state index contributed by atoms with van der Waals surface area (Å²) in [7, 11) is -1.38. The topological polar surface area (TPSA) is 26.0 Å². The van der Waals surface area contributed by atoms with Crippen LogP contribution in [0.2, 0.25) is 19.6 Å². The molecule has 2 nitrogen and oxygen atoms in total. The van der Waals surface area contributed by atoms with Crippen LogP contribution in [0.1, 0.15) is 11.1 Å². The van der Waals surface area contributed by atoms with Gasteiger partial charge in [0.1, 0.15) is 11.2 Å². The van der Waals surface area contributed by atoms with Crippen molar-refractivity contribution in [2.24, 2.45) is 0 Å². The minimum absolute atomic E-state index is 0.929. The minimum Gasteiger partial charge on any atom is -0.456 e.